The molecular formula is C15H24N2O2. The van der Waals surface area contributed by atoms with Crippen LogP contribution in [-0.4, -0.2) is 34.3 Å². The van der Waals surface area contributed by atoms with Gasteiger partial charge in [0.15, 0.2) is 0 Å². The van der Waals surface area contributed by atoms with Gasteiger partial charge in [-0.05, 0) is 57.8 Å². The Morgan fingerprint density at radius 2 is 1.84 bits per heavy atom. The van der Waals surface area contributed by atoms with Crippen LogP contribution in [0.3, 0.4) is 0 Å². The van der Waals surface area contributed by atoms with Gasteiger partial charge in [-0.15, -0.1) is 0 Å². The van der Waals surface area contributed by atoms with E-state index < -0.39 is 5.54 Å². The number of amides is 2. The minimum atomic E-state index is -0.643. The zero-order valence-electron chi connectivity index (χ0n) is 12.1. The lowest BCUT2D eigenvalue weighted by Crippen LogP contribution is -2.71. The molecule has 2 saturated carbocycles. The maximum Gasteiger partial charge on any atom is 0.249 e. The van der Waals surface area contributed by atoms with E-state index in [0.717, 1.165) is 25.7 Å². The molecule has 3 fully saturated rings. The molecule has 1 N–H and O–H groups in total. The fourth-order valence-corrected chi connectivity index (χ4v) is 3.83. The van der Waals surface area contributed by atoms with Crippen LogP contribution in [0.5, 0.6) is 0 Å². The summed E-state index contributed by atoms with van der Waals surface area (Å²) in [6.45, 7) is 6.02. The fourth-order valence-electron chi connectivity index (χ4n) is 3.83. The fraction of sp³-hybridized carbons (Fsp3) is 0.867. The molecule has 106 valence electrons. The molecular weight excluding hydrogens is 240 g/mol. The van der Waals surface area contributed by atoms with Gasteiger partial charge < -0.3 is 10.2 Å². The molecule has 3 rings (SSSR count). The minimum absolute atomic E-state index is 0.0218. The van der Waals surface area contributed by atoms with Crippen LogP contribution in [0.4, 0.5) is 0 Å². The molecule has 1 aliphatic heterocycles. The summed E-state index contributed by atoms with van der Waals surface area (Å²) in [7, 11) is 0. The van der Waals surface area contributed by atoms with E-state index in [-0.39, 0.29) is 23.9 Å². The maximum absolute atomic E-state index is 12.9. The van der Waals surface area contributed by atoms with Crippen LogP contribution in [0.25, 0.3) is 0 Å². The maximum atomic E-state index is 12.9. The van der Waals surface area contributed by atoms with Crippen molar-refractivity contribution in [3.63, 3.8) is 0 Å². The first-order valence-corrected chi connectivity index (χ1v) is 7.58. The quantitative estimate of drug-likeness (QED) is 0.825. The SMILES string of the molecule is CC1CCC(N2C(=O)C(C)(C3CC3)NC(=O)C2C)C1. The molecule has 1 heterocycles. The van der Waals surface area contributed by atoms with Crippen molar-refractivity contribution in [2.75, 3.05) is 0 Å². The largest absolute Gasteiger partial charge is 0.340 e. The third kappa shape index (κ3) is 1.96. The van der Waals surface area contributed by atoms with E-state index in [9.17, 15) is 9.59 Å². The summed E-state index contributed by atoms with van der Waals surface area (Å²) < 4.78 is 0. The molecule has 4 nitrogen and oxygen atoms in total. The van der Waals surface area contributed by atoms with Gasteiger partial charge in [0.05, 0.1) is 0 Å². The topological polar surface area (TPSA) is 49.4 Å². The van der Waals surface area contributed by atoms with Crippen LogP contribution in [0.1, 0.15) is 52.9 Å². The third-order valence-electron chi connectivity index (χ3n) is 5.31. The van der Waals surface area contributed by atoms with Crippen LogP contribution in [0, 0.1) is 11.8 Å². The highest BCUT2D eigenvalue weighted by Gasteiger charge is 2.55. The second kappa shape index (κ2) is 4.22. The Balaban J connectivity index is 1.87. The standard InChI is InChI=1S/C15H24N2O2/c1-9-4-7-12(8-9)17-10(2)13(18)16-15(3,14(17)19)11-5-6-11/h9-12H,4-8H2,1-3H3,(H,16,18). The Morgan fingerprint density at radius 3 is 2.37 bits per heavy atom. The van der Waals surface area contributed by atoms with E-state index in [1.165, 1.54) is 6.42 Å². The highest BCUT2D eigenvalue weighted by molar-refractivity contribution is 6.00. The summed E-state index contributed by atoms with van der Waals surface area (Å²) in [5.74, 6) is 1.19. The van der Waals surface area contributed by atoms with Crippen molar-refractivity contribution in [1.29, 1.82) is 0 Å². The molecule has 2 amide bonds. The number of nitrogens with one attached hydrogen (secondary N) is 1. The summed E-state index contributed by atoms with van der Waals surface area (Å²) in [4.78, 5) is 27.0. The van der Waals surface area contributed by atoms with Crippen LogP contribution in [-0.2, 0) is 9.59 Å². The van der Waals surface area contributed by atoms with Gasteiger partial charge in [0.2, 0.25) is 11.8 Å². The predicted octanol–water partition coefficient (Wildman–Crippen LogP) is 1.69. The highest BCUT2D eigenvalue weighted by atomic mass is 16.2. The van der Waals surface area contributed by atoms with Gasteiger partial charge >= 0.3 is 0 Å². The van der Waals surface area contributed by atoms with Crippen LogP contribution < -0.4 is 5.32 Å². The molecule has 0 aromatic heterocycles. The number of hydrogen-bond acceptors (Lipinski definition) is 2. The van der Waals surface area contributed by atoms with Crippen molar-refractivity contribution >= 4 is 11.8 Å². The zero-order valence-corrected chi connectivity index (χ0v) is 12.1. The smallest absolute Gasteiger partial charge is 0.249 e. The first kappa shape index (κ1) is 12.9. The molecule has 4 unspecified atom stereocenters. The monoisotopic (exact) mass is 264 g/mol. The molecule has 3 aliphatic rings. The van der Waals surface area contributed by atoms with Gasteiger partial charge in [-0.2, -0.15) is 0 Å². The predicted molar refractivity (Wildman–Crippen MR) is 72.4 cm³/mol. The summed E-state index contributed by atoms with van der Waals surface area (Å²) in [6, 6.07) is -0.0451. The lowest BCUT2D eigenvalue weighted by molar-refractivity contribution is -0.157. The van der Waals surface area contributed by atoms with Crippen molar-refractivity contribution < 1.29 is 9.59 Å². The van der Waals surface area contributed by atoms with Gasteiger partial charge in [-0.3, -0.25) is 9.59 Å². The second-order valence-corrected chi connectivity index (χ2v) is 6.93. The first-order valence-electron chi connectivity index (χ1n) is 7.58. The summed E-state index contributed by atoms with van der Waals surface area (Å²) in [5, 5.41) is 2.99. The van der Waals surface area contributed by atoms with Gasteiger partial charge in [0.25, 0.3) is 0 Å². The van der Waals surface area contributed by atoms with Gasteiger partial charge in [0.1, 0.15) is 11.6 Å². The Kier molecular flexibility index (Phi) is 2.88. The summed E-state index contributed by atoms with van der Waals surface area (Å²) >= 11 is 0. The number of piperazine rings is 1. The van der Waals surface area contributed by atoms with Crippen molar-refractivity contribution in [3.8, 4) is 0 Å². The molecule has 0 aromatic rings. The molecule has 0 radical (unpaired) electrons. The van der Waals surface area contributed by atoms with Crippen molar-refractivity contribution in [2.24, 2.45) is 11.8 Å². The third-order valence-corrected chi connectivity index (χ3v) is 5.31. The summed E-state index contributed by atoms with van der Waals surface area (Å²) in [5.41, 5.74) is -0.643. The molecule has 0 aromatic carbocycles. The van der Waals surface area contributed by atoms with Crippen molar-refractivity contribution in [1.82, 2.24) is 10.2 Å². The Bertz CT molecular complexity index is 418. The van der Waals surface area contributed by atoms with Crippen LogP contribution in [0.2, 0.25) is 0 Å². The first-order chi connectivity index (χ1) is 8.93. The van der Waals surface area contributed by atoms with Crippen molar-refractivity contribution in [2.45, 2.75) is 70.5 Å². The average molecular weight is 264 g/mol. The van der Waals surface area contributed by atoms with Crippen LogP contribution in [0.15, 0.2) is 0 Å². The Hall–Kier alpha value is -1.06. The van der Waals surface area contributed by atoms with E-state index in [1.54, 1.807) is 0 Å². The molecule has 2 aliphatic carbocycles. The summed E-state index contributed by atoms with van der Waals surface area (Å²) in [6.07, 6.45) is 5.38. The number of rotatable bonds is 2. The molecule has 1 saturated heterocycles. The minimum Gasteiger partial charge on any atom is -0.340 e. The van der Waals surface area contributed by atoms with E-state index in [0.29, 0.717) is 11.8 Å². The van der Waals surface area contributed by atoms with E-state index in [4.69, 9.17) is 0 Å². The molecule has 0 bridgehead atoms. The number of carbonyl (C=O) groups excluding carboxylic acids is 2. The molecule has 19 heavy (non-hydrogen) atoms. The average Bonchev–Trinajstić information content (AvgIpc) is 3.12. The normalized spacial score (nSPS) is 43.5. The van der Waals surface area contributed by atoms with E-state index in [1.807, 2.05) is 18.7 Å². The number of nitrogens with zero attached hydrogens (tertiary/aromatic N) is 1. The van der Waals surface area contributed by atoms with Gasteiger partial charge in [-0.25, -0.2) is 0 Å². The van der Waals surface area contributed by atoms with Gasteiger partial charge in [0, 0.05) is 6.04 Å². The molecule has 4 atom stereocenters. The highest BCUT2D eigenvalue weighted by Crippen LogP contribution is 2.43. The van der Waals surface area contributed by atoms with Crippen LogP contribution >= 0.6 is 0 Å². The van der Waals surface area contributed by atoms with Gasteiger partial charge in [-0.1, -0.05) is 6.92 Å². The Morgan fingerprint density at radius 1 is 1.16 bits per heavy atom. The lowest BCUT2D eigenvalue weighted by atomic mass is 9.88. The van der Waals surface area contributed by atoms with E-state index >= 15 is 0 Å². The van der Waals surface area contributed by atoms with E-state index in [2.05, 4.69) is 12.2 Å². The Labute approximate surface area is 114 Å². The molecule has 4 heteroatoms. The van der Waals surface area contributed by atoms with Crippen molar-refractivity contribution in [3.05, 3.63) is 0 Å². The lowest BCUT2D eigenvalue weighted by Gasteiger charge is -2.46. The number of carbonyl (C=O) groups is 2. The number of hydrogen-bond donors (Lipinski definition) is 1. The second-order valence-electron chi connectivity index (χ2n) is 6.93. The molecule has 0 spiro atoms. The zero-order chi connectivity index (χ0) is 13.8.